The molecular formula is C24H23FN2. The van der Waals surface area contributed by atoms with E-state index in [1.165, 1.54) is 27.9 Å². The van der Waals surface area contributed by atoms with E-state index < -0.39 is 0 Å². The van der Waals surface area contributed by atoms with Crippen LogP contribution in [0.4, 0.5) is 4.39 Å². The van der Waals surface area contributed by atoms with Gasteiger partial charge in [-0.3, -0.25) is 4.90 Å². The molecule has 1 fully saturated rings. The molecule has 1 saturated heterocycles. The molecule has 27 heavy (non-hydrogen) atoms. The summed E-state index contributed by atoms with van der Waals surface area (Å²) in [5.41, 5.74) is 3.73. The number of benzene rings is 3. The number of para-hydroxylation sites is 2. The van der Waals surface area contributed by atoms with Crippen LogP contribution in [-0.4, -0.2) is 22.6 Å². The van der Waals surface area contributed by atoms with Crippen molar-refractivity contribution in [1.29, 1.82) is 0 Å². The van der Waals surface area contributed by atoms with Crippen molar-refractivity contribution in [3.05, 3.63) is 84.2 Å². The zero-order valence-corrected chi connectivity index (χ0v) is 15.3. The van der Waals surface area contributed by atoms with Crippen LogP contribution in [0.3, 0.4) is 0 Å². The number of piperidine rings is 1. The van der Waals surface area contributed by atoms with Gasteiger partial charge in [0.25, 0.3) is 0 Å². The number of nitrogens with zero attached hydrogens (tertiary/aromatic N) is 2. The first-order valence-electron chi connectivity index (χ1n) is 9.74. The van der Waals surface area contributed by atoms with Crippen LogP contribution in [0.5, 0.6) is 0 Å². The Labute approximate surface area is 158 Å². The van der Waals surface area contributed by atoms with Gasteiger partial charge in [0.15, 0.2) is 0 Å². The van der Waals surface area contributed by atoms with Crippen molar-refractivity contribution in [2.24, 2.45) is 0 Å². The van der Waals surface area contributed by atoms with E-state index in [4.69, 9.17) is 0 Å². The van der Waals surface area contributed by atoms with E-state index in [2.05, 4.69) is 58.0 Å². The Balaban J connectivity index is 1.41. The lowest BCUT2D eigenvalue weighted by Gasteiger charge is -2.33. The largest absolute Gasteiger partial charge is 0.337 e. The van der Waals surface area contributed by atoms with Crippen molar-refractivity contribution in [3.8, 4) is 0 Å². The van der Waals surface area contributed by atoms with Crippen LogP contribution in [0.15, 0.2) is 72.8 Å². The molecule has 4 aromatic rings. The minimum atomic E-state index is -0.146. The molecule has 2 heterocycles. The van der Waals surface area contributed by atoms with E-state index in [1.807, 2.05) is 6.07 Å². The number of halogens is 1. The molecule has 0 amide bonds. The van der Waals surface area contributed by atoms with Crippen molar-refractivity contribution in [3.63, 3.8) is 0 Å². The first-order valence-corrected chi connectivity index (χ1v) is 9.74. The van der Waals surface area contributed by atoms with Crippen LogP contribution in [-0.2, 0) is 6.54 Å². The van der Waals surface area contributed by atoms with Gasteiger partial charge in [0.1, 0.15) is 5.82 Å². The average Bonchev–Trinajstić information content (AvgIpc) is 3.03. The van der Waals surface area contributed by atoms with Crippen LogP contribution in [0, 0.1) is 5.82 Å². The molecule has 1 aliphatic heterocycles. The third-order valence-electron chi connectivity index (χ3n) is 5.83. The number of likely N-dealkylation sites (tertiary alicyclic amines) is 1. The highest BCUT2D eigenvalue weighted by molar-refractivity contribution is 6.08. The Morgan fingerprint density at radius 3 is 2.04 bits per heavy atom. The summed E-state index contributed by atoms with van der Waals surface area (Å²) in [5, 5.41) is 2.69. The highest BCUT2D eigenvalue weighted by Gasteiger charge is 2.23. The van der Waals surface area contributed by atoms with Gasteiger partial charge in [-0.05, 0) is 42.7 Å². The Kier molecular flexibility index (Phi) is 4.17. The van der Waals surface area contributed by atoms with E-state index in [9.17, 15) is 4.39 Å². The molecule has 0 unspecified atom stereocenters. The van der Waals surface area contributed by atoms with Crippen LogP contribution < -0.4 is 0 Å². The minimum Gasteiger partial charge on any atom is -0.337 e. The van der Waals surface area contributed by atoms with E-state index in [0.29, 0.717) is 6.04 Å². The van der Waals surface area contributed by atoms with E-state index >= 15 is 0 Å². The molecule has 0 N–H and O–H groups in total. The van der Waals surface area contributed by atoms with Gasteiger partial charge >= 0.3 is 0 Å². The number of aromatic nitrogens is 1. The van der Waals surface area contributed by atoms with Gasteiger partial charge in [0, 0.05) is 47.5 Å². The van der Waals surface area contributed by atoms with Crippen molar-refractivity contribution in [2.75, 3.05) is 13.1 Å². The molecule has 0 spiro atoms. The molecule has 3 aromatic carbocycles. The SMILES string of the molecule is Fc1cccc(CN2CCC(n3c4ccccc4c4ccccc43)CC2)c1. The molecule has 0 aliphatic carbocycles. The zero-order valence-electron chi connectivity index (χ0n) is 15.3. The van der Waals surface area contributed by atoms with Gasteiger partial charge in [-0.1, -0.05) is 48.5 Å². The van der Waals surface area contributed by atoms with Crippen molar-refractivity contribution in [1.82, 2.24) is 9.47 Å². The predicted molar refractivity (Wildman–Crippen MR) is 109 cm³/mol. The molecule has 3 heteroatoms. The molecule has 0 radical (unpaired) electrons. The second kappa shape index (κ2) is 6.82. The first-order chi connectivity index (χ1) is 13.3. The summed E-state index contributed by atoms with van der Waals surface area (Å²) >= 11 is 0. The monoisotopic (exact) mass is 358 g/mol. The van der Waals surface area contributed by atoms with Crippen molar-refractivity contribution in [2.45, 2.75) is 25.4 Å². The molecule has 2 nitrogen and oxygen atoms in total. The smallest absolute Gasteiger partial charge is 0.123 e. The maximum absolute atomic E-state index is 13.4. The highest BCUT2D eigenvalue weighted by Crippen LogP contribution is 2.35. The van der Waals surface area contributed by atoms with Crippen LogP contribution >= 0.6 is 0 Å². The van der Waals surface area contributed by atoms with E-state index in [1.54, 1.807) is 12.1 Å². The quantitative estimate of drug-likeness (QED) is 0.451. The van der Waals surface area contributed by atoms with Gasteiger partial charge in [0.05, 0.1) is 0 Å². The fraction of sp³-hybridized carbons (Fsp3) is 0.250. The zero-order chi connectivity index (χ0) is 18.2. The second-order valence-corrected chi connectivity index (χ2v) is 7.54. The Bertz CT molecular complexity index is 1040. The Hall–Kier alpha value is -2.65. The summed E-state index contributed by atoms with van der Waals surface area (Å²) in [6.07, 6.45) is 2.25. The van der Waals surface area contributed by atoms with E-state index in [-0.39, 0.29) is 5.82 Å². The first kappa shape index (κ1) is 16.5. The summed E-state index contributed by atoms with van der Waals surface area (Å²) in [6, 6.07) is 25.0. The molecule has 0 bridgehead atoms. The topological polar surface area (TPSA) is 8.17 Å². The van der Waals surface area contributed by atoms with Crippen LogP contribution in [0.1, 0.15) is 24.4 Å². The van der Waals surface area contributed by atoms with Crippen molar-refractivity contribution >= 4 is 21.8 Å². The standard InChI is InChI=1S/C24H23FN2/c25-19-7-5-6-18(16-19)17-26-14-12-20(13-15-26)27-23-10-3-1-8-21(23)22-9-2-4-11-24(22)27/h1-11,16,20H,12-15,17H2. The van der Waals surface area contributed by atoms with Gasteiger partial charge in [-0.2, -0.15) is 0 Å². The normalized spacial score (nSPS) is 16.3. The van der Waals surface area contributed by atoms with Gasteiger partial charge in [0.2, 0.25) is 0 Å². The third kappa shape index (κ3) is 3.02. The third-order valence-corrected chi connectivity index (χ3v) is 5.83. The lowest BCUT2D eigenvalue weighted by molar-refractivity contribution is 0.183. The maximum Gasteiger partial charge on any atom is 0.123 e. The number of fused-ring (bicyclic) bond motifs is 3. The maximum atomic E-state index is 13.4. The molecule has 1 aromatic heterocycles. The fourth-order valence-electron chi connectivity index (χ4n) is 4.58. The van der Waals surface area contributed by atoms with Gasteiger partial charge in [-0.25, -0.2) is 4.39 Å². The summed E-state index contributed by atoms with van der Waals surface area (Å²) < 4.78 is 16.0. The summed E-state index contributed by atoms with van der Waals surface area (Å²) in [6.45, 7) is 2.92. The summed E-state index contributed by atoms with van der Waals surface area (Å²) in [5.74, 6) is -0.146. The Morgan fingerprint density at radius 2 is 1.41 bits per heavy atom. The molecule has 0 saturated carbocycles. The number of rotatable bonds is 3. The predicted octanol–water partition coefficient (Wildman–Crippen LogP) is 5.77. The Morgan fingerprint density at radius 1 is 0.778 bits per heavy atom. The number of hydrogen-bond acceptors (Lipinski definition) is 1. The lowest BCUT2D eigenvalue weighted by atomic mass is 10.0. The summed E-state index contributed by atoms with van der Waals surface area (Å²) in [7, 11) is 0. The van der Waals surface area contributed by atoms with E-state index in [0.717, 1.165) is 38.0 Å². The van der Waals surface area contributed by atoms with Crippen LogP contribution in [0.2, 0.25) is 0 Å². The second-order valence-electron chi connectivity index (χ2n) is 7.54. The van der Waals surface area contributed by atoms with Crippen molar-refractivity contribution < 1.29 is 4.39 Å². The van der Waals surface area contributed by atoms with Crippen LogP contribution in [0.25, 0.3) is 21.8 Å². The molecule has 136 valence electrons. The van der Waals surface area contributed by atoms with Gasteiger partial charge in [-0.15, -0.1) is 0 Å². The molecular weight excluding hydrogens is 335 g/mol. The minimum absolute atomic E-state index is 0.146. The number of hydrogen-bond donors (Lipinski definition) is 0. The fourth-order valence-corrected chi connectivity index (χ4v) is 4.58. The van der Waals surface area contributed by atoms with Gasteiger partial charge < -0.3 is 4.57 Å². The molecule has 0 atom stereocenters. The molecule has 1 aliphatic rings. The molecule has 5 rings (SSSR count). The average molecular weight is 358 g/mol. The summed E-state index contributed by atoms with van der Waals surface area (Å²) in [4.78, 5) is 2.44. The highest BCUT2D eigenvalue weighted by atomic mass is 19.1. The lowest BCUT2D eigenvalue weighted by Crippen LogP contribution is -2.34.